The summed E-state index contributed by atoms with van der Waals surface area (Å²) in [6.45, 7) is 3.75. The van der Waals surface area contributed by atoms with E-state index in [1.54, 1.807) is 13.8 Å². The molecule has 1 aliphatic rings. The molecule has 0 aliphatic carbocycles. The highest BCUT2D eigenvalue weighted by Gasteiger charge is 2.32. The van der Waals surface area contributed by atoms with Crippen molar-refractivity contribution in [2.75, 3.05) is 6.61 Å². The number of hydrogen-bond acceptors (Lipinski definition) is 5. The van der Waals surface area contributed by atoms with Crippen molar-refractivity contribution in [1.29, 1.82) is 0 Å². The molecule has 0 bridgehead atoms. The minimum atomic E-state index is -3.98. The van der Waals surface area contributed by atoms with E-state index in [4.69, 9.17) is 26.2 Å². The lowest BCUT2D eigenvalue weighted by Crippen LogP contribution is -2.39. The molecule has 0 fully saturated rings. The van der Waals surface area contributed by atoms with Gasteiger partial charge in [-0.15, -0.1) is 0 Å². The molecule has 0 saturated carbocycles. The Hall–Kier alpha value is -1.31. The topological polar surface area (TPSA) is 95.7 Å². The molecule has 0 radical (unpaired) electrons. The number of hydrogen-bond donors (Lipinski definition) is 1. The Kier molecular flexibility index (Phi) is 3.24. The van der Waals surface area contributed by atoms with Crippen LogP contribution in [0.25, 0.3) is 0 Å². The Morgan fingerprint density at radius 2 is 2.05 bits per heavy atom. The lowest BCUT2D eigenvalue weighted by molar-refractivity contribution is 0.0204. The SMILES string of the molecule is CC1(C)COc2c(cc(S(N)(=O)=O)cc2C(=O)Cl)O1. The molecular weight excluding hydrogens is 294 g/mol. The van der Waals surface area contributed by atoms with Gasteiger partial charge < -0.3 is 9.47 Å². The summed E-state index contributed by atoms with van der Waals surface area (Å²) in [4.78, 5) is 11.1. The van der Waals surface area contributed by atoms with E-state index in [-0.39, 0.29) is 28.6 Å². The smallest absolute Gasteiger partial charge is 0.256 e. The highest BCUT2D eigenvalue weighted by atomic mass is 35.5. The van der Waals surface area contributed by atoms with Crippen LogP contribution < -0.4 is 14.6 Å². The summed E-state index contributed by atoms with van der Waals surface area (Å²) in [6.07, 6.45) is 0. The van der Waals surface area contributed by atoms with Gasteiger partial charge >= 0.3 is 0 Å². The van der Waals surface area contributed by atoms with Gasteiger partial charge in [0.1, 0.15) is 12.2 Å². The van der Waals surface area contributed by atoms with Crippen LogP contribution in [0, 0.1) is 0 Å². The van der Waals surface area contributed by atoms with Crippen molar-refractivity contribution in [3.05, 3.63) is 17.7 Å². The zero-order valence-electron chi connectivity index (χ0n) is 10.3. The zero-order chi connectivity index (χ0) is 14.4. The van der Waals surface area contributed by atoms with E-state index >= 15 is 0 Å². The highest BCUT2D eigenvalue weighted by molar-refractivity contribution is 7.89. The average Bonchev–Trinajstić information content (AvgIpc) is 2.24. The van der Waals surface area contributed by atoms with Crippen molar-refractivity contribution in [2.45, 2.75) is 24.3 Å². The van der Waals surface area contributed by atoms with E-state index in [9.17, 15) is 13.2 Å². The summed E-state index contributed by atoms with van der Waals surface area (Å²) < 4.78 is 33.8. The van der Waals surface area contributed by atoms with Crippen LogP contribution >= 0.6 is 11.6 Å². The summed E-state index contributed by atoms with van der Waals surface area (Å²) >= 11 is 5.42. The minimum Gasteiger partial charge on any atom is -0.485 e. The molecule has 1 heterocycles. The molecule has 6 nitrogen and oxygen atoms in total. The van der Waals surface area contributed by atoms with Crippen LogP contribution in [-0.4, -0.2) is 25.9 Å². The fourth-order valence-electron chi connectivity index (χ4n) is 1.69. The summed E-state index contributed by atoms with van der Waals surface area (Å²) in [5, 5.41) is 4.21. The largest absolute Gasteiger partial charge is 0.485 e. The number of benzene rings is 1. The first-order chi connectivity index (χ1) is 8.60. The maximum atomic E-state index is 11.4. The number of rotatable bonds is 2. The van der Waals surface area contributed by atoms with Crippen LogP contribution in [0.5, 0.6) is 11.5 Å². The van der Waals surface area contributed by atoms with Crippen molar-refractivity contribution >= 4 is 26.9 Å². The normalized spacial score (nSPS) is 17.1. The second kappa shape index (κ2) is 4.36. The van der Waals surface area contributed by atoms with Gasteiger partial charge in [0.15, 0.2) is 11.5 Å². The summed E-state index contributed by atoms with van der Waals surface area (Å²) in [7, 11) is -3.98. The van der Waals surface area contributed by atoms with Crippen LogP contribution in [-0.2, 0) is 10.0 Å². The fraction of sp³-hybridized carbons (Fsp3) is 0.364. The first-order valence-electron chi connectivity index (χ1n) is 5.33. The maximum Gasteiger partial charge on any atom is 0.256 e. The molecule has 0 saturated heterocycles. The Morgan fingerprint density at radius 3 is 2.58 bits per heavy atom. The Bertz CT molecular complexity index is 653. The van der Waals surface area contributed by atoms with Crippen LogP contribution in [0.3, 0.4) is 0 Å². The standard InChI is InChI=1S/C11H12ClNO5S/c1-11(2)5-17-9-7(10(12)14)3-6(19(13,15)16)4-8(9)18-11/h3-4H,5H2,1-2H3,(H2,13,15,16). The molecule has 0 unspecified atom stereocenters. The van der Waals surface area contributed by atoms with Crippen molar-refractivity contribution in [1.82, 2.24) is 0 Å². The number of fused-ring (bicyclic) bond motifs is 1. The molecule has 8 heteroatoms. The van der Waals surface area contributed by atoms with E-state index in [0.29, 0.717) is 0 Å². The monoisotopic (exact) mass is 305 g/mol. The Morgan fingerprint density at radius 1 is 1.42 bits per heavy atom. The summed E-state index contributed by atoms with van der Waals surface area (Å²) in [5.74, 6) is 0.263. The molecule has 1 aromatic carbocycles. The molecule has 104 valence electrons. The molecule has 2 N–H and O–H groups in total. The van der Waals surface area contributed by atoms with Gasteiger partial charge in [0.05, 0.1) is 10.5 Å². The predicted octanol–water partition coefficient (Wildman–Crippen LogP) is 1.26. The lowest BCUT2D eigenvalue weighted by Gasteiger charge is -2.33. The predicted molar refractivity (Wildman–Crippen MR) is 68.2 cm³/mol. The summed E-state index contributed by atoms with van der Waals surface area (Å²) in [5.41, 5.74) is -0.727. The number of carbonyl (C=O) groups excluding carboxylic acids is 1. The van der Waals surface area contributed by atoms with Crippen molar-refractivity contribution in [2.24, 2.45) is 5.14 Å². The van der Waals surface area contributed by atoms with Crippen LogP contribution in [0.2, 0.25) is 0 Å². The fourth-order valence-corrected chi connectivity index (χ4v) is 2.38. The molecule has 0 atom stereocenters. The average molecular weight is 306 g/mol. The molecule has 1 aromatic rings. The van der Waals surface area contributed by atoms with E-state index < -0.39 is 20.9 Å². The van der Waals surface area contributed by atoms with Gasteiger partial charge in [-0.05, 0) is 31.5 Å². The van der Waals surface area contributed by atoms with Crippen molar-refractivity contribution < 1.29 is 22.7 Å². The first kappa shape index (κ1) is 14.1. The molecule has 2 rings (SSSR count). The zero-order valence-corrected chi connectivity index (χ0v) is 11.8. The van der Waals surface area contributed by atoms with Gasteiger partial charge in [0.2, 0.25) is 10.0 Å². The van der Waals surface area contributed by atoms with E-state index in [2.05, 4.69) is 0 Å². The van der Waals surface area contributed by atoms with Gasteiger partial charge in [-0.1, -0.05) is 0 Å². The van der Waals surface area contributed by atoms with Crippen molar-refractivity contribution in [3.63, 3.8) is 0 Å². The first-order valence-corrected chi connectivity index (χ1v) is 7.25. The van der Waals surface area contributed by atoms with Crippen LogP contribution in [0.1, 0.15) is 24.2 Å². The van der Waals surface area contributed by atoms with Gasteiger partial charge in [-0.25, -0.2) is 13.6 Å². The Labute approximate surface area is 115 Å². The van der Waals surface area contributed by atoms with Gasteiger partial charge in [0.25, 0.3) is 5.24 Å². The minimum absolute atomic E-state index is 0.0845. The van der Waals surface area contributed by atoms with Gasteiger partial charge in [0, 0.05) is 6.07 Å². The van der Waals surface area contributed by atoms with Crippen molar-refractivity contribution in [3.8, 4) is 11.5 Å². The summed E-state index contributed by atoms with van der Waals surface area (Å²) in [6, 6.07) is 2.29. The van der Waals surface area contributed by atoms with Gasteiger partial charge in [-0.2, -0.15) is 0 Å². The highest BCUT2D eigenvalue weighted by Crippen LogP contribution is 2.40. The second-order valence-corrected chi connectivity index (χ2v) is 6.67. The second-order valence-electron chi connectivity index (χ2n) is 4.77. The molecule has 1 aliphatic heterocycles. The third kappa shape index (κ3) is 2.83. The number of sulfonamides is 1. The Balaban J connectivity index is 2.68. The number of nitrogens with two attached hydrogens (primary N) is 1. The number of ether oxygens (including phenoxy) is 2. The van der Waals surface area contributed by atoms with E-state index in [1.165, 1.54) is 6.07 Å². The third-order valence-electron chi connectivity index (χ3n) is 2.52. The van der Waals surface area contributed by atoms with Crippen LogP contribution in [0.15, 0.2) is 17.0 Å². The number of halogens is 1. The molecule has 0 amide bonds. The van der Waals surface area contributed by atoms with E-state index in [1.807, 2.05) is 0 Å². The lowest BCUT2D eigenvalue weighted by atomic mass is 10.1. The number of carbonyl (C=O) groups is 1. The van der Waals surface area contributed by atoms with Crippen LogP contribution in [0.4, 0.5) is 0 Å². The molecular formula is C11H12ClNO5S. The molecule has 19 heavy (non-hydrogen) atoms. The van der Waals surface area contributed by atoms with E-state index in [0.717, 1.165) is 6.07 Å². The number of primary sulfonamides is 1. The quantitative estimate of drug-likeness (QED) is 0.830. The maximum absolute atomic E-state index is 11.4. The van der Waals surface area contributed by atoms with Gasteiger partial charge in [-0.3, -0.25) is 4.79 Å². The molecule has 0 aromatic heterocycles. The molecule has 0 spiro atoms. The third-order valence-corrected chi connectivity index (χ3v) is 3.62.